The maximum Gasteiger partial charge on any atom is 0.477 e. The Morgan fingerprint density at radius 2 is 0.759 bits per heavy atom. The Morgan fingerprint density at radius 3 is 0.966 bits per heavy atom. The zero-order chi connectivity index (χ0) is 23.3. The molecule has 0 saturated carbocycles. The van der Waals surface area contributed by atoms with Crippen molar-refractivity contribution in [3.63, 3.8) is 0 Å². The second-order valence-electron chi connectivity index (χ2n) is 10.7. The van der Waals surface area contributed by atoms with Gasteiger partial charge in [-0.25, -0.2) is 0 Å². The Morgan fingerprint density at radius 1 is 0.483 bits per heavy atom. The van der Waals surface area contributed by atoms with Gasteiger partial charge in [-0.15, -0.1) is 0 Å². The quantitative estimate of drug-likeness (QED) is 0.288. The van der Waals surface area contributed by atoms with Gasteiger partial charge in [0.1, 0.15) is 0 Å². The predicted molar refractivity (Wildman–Crippen MR) is 139 cm³/mol. The molecule has 0 aliphatic carbocycles. The van der Waals surface area contributed by atoms with Crippen molar-refractivity contribution < 1.29 is 25.3 Å². The first-order valence-corrected chi connectivity index (χ1v) is 29.8. The first kappa shape index (κ1) is 30.3. The van der Waals surface area contributed by atoms with Crippen LogP contribution in [0.2, 0.25) is 91.7 Å². The molecule has 0 aromatic heterocycles. The van der Waals surface area contributed by atoms with E-state index in [0.29, 0.717) is 0 Å². The molecule has 0 rings (SSSR count). The summed E-state index contributed by atoms with van der Waals surface area (Å²) in [6, 6.07) is 0. The van der Waals surface area contributed by atoms with Crippen LogP contribution in [0.5, 0.6) is 0 Å². The lowest BCUT2D eigenvalue weighted by Gasteiger charge is -2.42. The molecule has 0 aliphatic rings. The lowest BCUT2D eigenvalue weighted by Crippen LogP contribution is -2.62. The second kappa shape index (κ2) is 11.4. The van der Waals surface area contributed by atoms with E-state index in [4.69, 9.17) is 25.3 Å². The molecule has 0 aliphatic heterocycles. The molecule has 0 saturated heterocycles. The zero-order valence-electron chi connectivity index (χ0n) is 21.4. The molecule has 2 atom stereocenters. The molecule has 174 valence electrons. The van der Waals surface area contributed by atoms with E-state index in [9.17, 15) is 0 Å². The molecule has 0 aromatic rings. The average Bonchev–Trinajstić information content (AvgIpc) is 2.37. The molecule has 0 amide bonds. The van der Waals surface area contributed by atoms with Crippen LogP contribution in [0, 0.1) is 0 Å². The summed E-state index contributed by atoms with van der Waals surface area (Å²) in [4.78, 5) is 0. The van der Waals surface area contributed by atoms with Gasteiger partial charge in [-0.2, -0.15) is 0 Å². The van der Waals surface area contributed by atoms with E-state index >= 15 is 0 Å². The van der Waals surface area contributed by atoms with Crippen LogP contribution >= 0.6 is 0 Å². The largest absolute Gasteiger partial charge is 0.477 e. The lowest BCUT2D eigenvalue weighted by atomic mass is 11.7. The van der Waals surface area contributed by atoms with Gasteiger partial charge in [0.05, 0.1) is 17.6 Å². The van der Waals surface area contributed by atoms with Crippen molar-refractivity contribution in [1.29, 1.82) is 0 Å². The van der Waals surface area contributed by atoms with E-state index in [1.54, 1.807) is 0 Å². The summed E-state index contributed by atoms with van der Waals surface area (Å²) in [6.07, 6.45) is 1.44. The predicted octanol–water partition coefficient (Wildman–Crippen LogP) is 5.18. The standard InChI is InChI=1S/C16H46O6Si7/c1-23(2)15-17-28(13,19-25(5,6)7)21-27(11,12)22-29(14,18-16-24(3)4)20-26(8,9)10/h15-16H2,1-14H3. The van der Waals surface area contributed by atoms with Crippen LogP contribution in [0.1, 0.15) is 0 Å². The van der Waals surface area contributed by atoms with Gasteiger partial charge in [0.2, 0.25) is 0 Å². The molecule has 0 bridgehead atoms. The molecular weight excluding hydrogens is 485 g/mol. The molecule has 0 aromatic carbocycles. The highest BCUT2D eigenvalue weighted by Crippen LogP contribution is 2.27. The van der Waals surface area contributed by atoms with Gasteiger partial charge < -0.3 is 25.3 Å². The van der Waals surface area contributed by atoms with Crippen molar-refractivity contribution in [2.24, 2.45) is 0 Å². The van der Waals surface area contributed by atoms with Gasteiger partial charge in [-0.3, -0.25) is 0 Å². The SMILES string of the molecule is C[Si](C)CO[Si](C)(O[Si](C)(C)C)O[Si](C)(C)O[Si](C)(OC[Si](C)C)O[Si](C)(C)C. The summed E-state index contributed by atoms with van der Waals surface area (Å²) >= 11 is 0. The smallest absolute Gasteiger partial charge is 0.417 e. The molecule has 0 N–H and O–H groups in total. The van der Waals surface area contributed by atoms with Crippen LogP contribution < -0.4 is 0 Å². The van der Waals surface area contributed by atoms with Crippen molar-refractivity contribution in [2.45, 2.75) is 91.7 Å². The second-order valence-corrected chi connectivity index (χ2v) is 34.7. The monoisotopic (exact) mass is 530 g/mol. The fourth-order valence-corrected chi connectivity index (χ4v) is 25.8. The zero-order valence-corrected chi connectivity index (χ0v) is 28.4. The molecule has 2 radical (unpaired) electrons. The highest BCUT2D eigenvalue weighted by molar-refractivity contribution is 6.88. The van der Waals surface area contributed by atoms with Crippen molar-refractivity contribution in [1.82, 2.24) is 0 Å². The Kier molecular flexibility index (Phi) is 11.9. The average molecular weight is 531 g/mol. The third-order valence-electron chi connectivity index (χ3n) is 3.09. The summed E-state index contributed by atoms with van der Waals surface area (Å²) in [6.45, 7) is 30.2. The fourth-order valence-electron chi connectivity index (χ4n) is 2.74. The first-order chi connectivity index (χ1) is 12.7. The Labute approximate surface area is 189 Å². The summed E-state index contributed by atoms with van der Waals surface area (Å²) in [5, 5.41) is 0. The topological polar surface area (TPSA) is 55.4 Å². The maximum atomic E-state index is 6.63. The van der Waals surface area contributed by atoms with Crippen molar-refractivity contribution >= 4 is 60.4 Å². The number of hydrogen-bond acceptors (Lipinski definition) is 6. The van der Waals surface area contributed by atoms with E-state index in [2.05, 4.69) is 78.6 Å². The highest BCUT2D eigenvalue weighted by Gasteiger charge is 2.51. The van der Waals surface area contributed by atoms with Gasteiger partial charge in [-0.1, -0.05) is 26.2 Å². The fraction of sp³-hybridized carbons (Fsp3) is 1.00. The minimum Gasteiger partial charge on any atom is -0.417 e. The minimum atomic E-state index is -2.83. The number of hydrogen-bond donors (Lipinski definition) is 0. The van der Waals surface area contributed by atoms with Gasteiger partial charge in [0.25, 0.3) is 0 Å². The van der Waals surface area contributed by atoms with Crippen LogP contribution in [-0.4, -0.2) is 72.9 Å². The minimum absolute atomic E-state index is 0.543. The Bertz CT molecular complexity index is 453. The summed E-state index contributed by atoms with van der Waals surface area (Å²) in [5.74, 6) is 0. The molecule has 0 fully saturated rings. The van der Waals surface area contributed by atoms with Crippen LogP contribution in [0.15, 0.2) is 0 Å². The van der Waals surface area contributed by atoms with Crippen molar-refractivity contribution in [2.75, 3.05) is 12.5 Å². The molecule has 29 heavy (non-hydrogen) atoms. The van der Waals surface area contributed by atoms with Gasteiger partial charge in [-0.05, 0) is 52.4 Å². The third-order valence-corrected chi connectivity index (χ3v) is 21.2. The third kappa shape index (κ3) is 15.7. The number of rotatable bonds is 14. The van der Waals surface area contributed by atoms with Gasteiger partial charge in [0, 0.05) is 25.6 Å². The molecule has 6 nitrogen and oxygen atoms in total. The molecular formula is C16H46O6Si7. The van der Waals surface area contributed by atoms with Crippen LogP contribution in [0.3, 0.4) is 0 Å². The summed E-state index contributed by atoms with van der Waals surface area (Å²) in [5.41, 5.74) is 0. The lowest BCUT2D eigenvalue weighted by molar-refractivity contribution is 0.148. The maximum absolute atomic E-state index is 6.63. The first-order valence-electron chi connectivity index (χ1n) is 10.3. The van der Waals surface area contributed by atoms with E-state index in [0.717, 1.165) is 12.5 Å². The van der Waals surface area contributed by atoms with Crippen LogP contribution in [0.4, 0.5) is 0 Å². The van der Waals surface area contributed by atoms with Crippen LogP contribution in [-0.2, 0) is 25.3 Å². The summed E-state index contributed by atoms with van der Waals surface area (Å²) in [7, 11) is -13.1. The highest BCUT2D eigenvalue weighted by atomic mass is 28.5. The molecule has 2 unspecified atom stereocenters. The molecule has 13 heteroatoms. The Balaban J connectivity index is 5.56. The normalized spacial score (nSPS) is 18.2. The van der Waals surface area contributed by atoms with Gasteiger partial charge >= 0.3 is 26.2 Å². The van der Waals surface area contributed by atoms with E-state index < -0.39 is 60.4 Å². The van der Waals surface area contributed by atoms with E-state index in [-0.39, 0.29) is 0 Å². The van der Waals surface area contributed by atoms with Crippen molar-refractivity contribution in [3.8, 4) is 0 Å². The Hall–Kier alpha value is 1.28. The molecule has 0 spiro atoms. The summed E-state index contributed by atoms with van der Waals surface area (Å²) < 4.78 is 38.8. The van der Waals surface area contributed by atoms with Crippen LogP contribution in [0.25, 0.3) is 0 Å². The van der Waals surface area contributed by atoms with E-state index in [1.807, 2.05) is 13.1 Å². The van der Waals surface area contributed by atoms with Crippen molar-refractivity contribution in [3.05, 3.63) is 0 Å². The van der Waals surface area contributed by atoms with Gasteiger partial charge in [0.15, 0.2) is 16.6 Å². The van der Waals surface area contributed by atoms with E-state index in [1.165, 1.54) is 0 Å². The molecule has 0 heterocycles.